The number of hydrogen-bond acceptors (Lipinski definition) is 9. The molecular weight excluding hydrogens is 552 g/mol. The highest BCUT2D eigenvalue weighted by atomic mass is 16.7. The van der Waals surface area contributed by atoms with Crippen LogP contribution in [0.5, 0.6) is 0 Å². The molecule has 4 aromatic rings. The molecule has 5 atom stereocenters. The molecule has 1 aliphatic heterocycles. The topological polar surface area (TPSA) is 118 Å². The highest BCUT2D eigenvalue weighted by Crippen LogP contribution is 2.31. The van der Waals surface area contributed by atoms with E-state index in [2.05, 4.69) is 0 Å². The lowest BCUT2D eigenvalue weighted by Gasteiger charge is -2.44. The molecule has 1 heterocycles. The predicted molar refractivity (Wildman–Crippen MR) is 154 cm³/mol. The maximum absolute atomic E-state index is 13.4. The van der Waals surface area contributed by atoms with Crippen LogP contribution in [0.3, 0.4) is 0 Å². The molecule has 220 valence electrons. The van der Waals surface area contributed by atoms with E-state index >= 15 is 0 Å². The largest absolute Gasteiger partial charge is 0.452 e. The summed E-state index contributed by atoms with van der Waals surface area (Å²) in [4.78, 5) is 39.6. The molecule has 0 bridgehead atoms. The zero-order chi connectivity index (χ0) is 30.0. The van der Waals surface area contributed by atoms with Gasteiger partial charge in [0.05, 0.1) is 29.9 Å². The Morgan fingerprint density at radius 3 is 1.44 bits per heavy atom. The molecule has 1 saturated heterocycles. The smallest absolute Gasteiger partial charge is 0.340 e. The molecule has 1 aliphatic rings. The number of esters is 3. The van der Waals surface area contributed by atoms with Gasteiger partial charge >= 0.3 is 17.9 Å². The van der Waals surface area contributed by atoms with Crippen LogP contribution in [-0.2, 0) is 30.3 Å². The van der Waals surface area contributed by atoms with Crippen molar-refractivity contribution >= 4 is 17.9 Å². The van der Waals surface area contributed by atoms with Gasteiger partial charge in [0.25, 0.3) is 0 Å². The molecule has 5 rings (SSSR count). The number of carbonyl (C=O) groups is 3. The number of benzene rings is 4. The van der Waals surface area contributed by atoms with Gasteiger partial charge in [-0.05, 0) is 42.0 Å². The SMILES string of the molecule is O=C(O[C@H]1O[C@@H](CO)[C@@H](OC(=O)c2ccccc2)[C@@H](OC(=O)c2ccccc2)[C@H]1OCc1ccccc1)c1ccccc1. The van der Waals surface area contributed by atoms with Gasteiger partial charge in [-0.25, -0.2) is 14.4 Å². The Morgan fingerprint density at radius 1 is 0.558 bits per heavy atom. The van der Waals surface area contributed by atoms with Crippen LogP contribution in [0, 0.1) is 0 Å². The third-order valence-electron chi connectivity index (χ3n) is 6.79. The predicted octanol–water partition coefficient (Wildman–Crippen LogP) is 4.60. The first kappa shape index (κ1) is 29.7. The van der Waals surface area contributed by atoms with E-state index in [1.165, 1.54) is 0 Å². The Kier molecular flexibility index (Phi) is 9.91. The molecule has 0 saturated carbocycles. The number of aliphatic hydroxyl groups excluding tert-OH is 1. The average Bonchev–Trinajstić information content (AvgIpc) is 3.06. The van der Waals surface area contributed by atoms with E-state index in [0.717, 1.165) is 5.56 Å². The van der Waals surface area contributed by atoms with Gasteiger partial charge in [0, 0.05) is 0 Å². The second-order valence-electron chi connectivity index (χ2n) is 9.73. The molecule has 1 fully saturated rings. The molecule has 0 aromatic heterocycles. The molecule has 9 heteroatoms. The minimum absolute atomic E-state index is 0.0246. The summed E-state index contributed by atoms with van der Waals surface area (Å²) in [6.07, 6.45) is -6.58. The summed E-state index contributed by atoms with van der Waals surface area (Å²) in [5.41, 5.74) is 1.52. The van der Waals surface area contributed by atoms with E-state index in [-0.39, 0.29) is 23.3 Å². The third-order valence-corrected chi connectivity index (χ3v) is 6.79. The van der Waals surface area contributed by atoms with Gasteiger partial charge in [-0.15, -0.1) is 0 Å². The maximum Gasteiger partial charge on any atom is 0.340 e. The van der Waals surface area contributed by atoms with Crippen molar-refractivity contribution < 1.29 is 43.2 Å². The number of rotatable bonds is 10. The van der Waals surface area contributed by atoms with Crippen molar-refractivity contribution in [3.05, 3.63) is 144 Å². The van der Waals surface area contributed by atoms with E-state index in [1.54, 1.807) is 91.0 Å². The molecule has 43 heavy (non-hydrogen) atoms. The fourth-order valence-electron chi connectivity index (χ4n) is 4.62. The second kappa shape index (κ2) is 14.4. The van der Waals surface area contributed by atoms with Gasteiger partial charge in [0.15, 0.2) is 18.3 Å². The summed E-state index contributed by atoms with van der Waals surface area (Å²) in [6, 6.07) is 34.0. The van der Waals surface area contributed by atoms with Crippen LogP contribution in [0.1, 0.15) is 36.6 Å². The van der Waals surface area contributed by atoms with Crippen molar-refractivity contribution in [3.63, 3.8) is 0 Å². The molecule has 4 aromatic carbocycles. The Morgan fingerprint density at radius 2 is 0.977 bits per heavy atom. The Labute approximate surface area is 248 Å². The summed E-state index contributed by atoms with van der Waals surface area (Å²) in [5, 5.41) is 10.3. The summed E-state index contributed by atoms with van der Waals surface area (Å²) < 4.78 is 29.8. The zero-order valence-corrected chi connectivity index (χ0v) is 23.1. The van der Waals surface area contributed by atoms with E-state index in [1.807, 2.05) is 30.3 Å². The summed E-state index contributed by atoms with van der Waals surface area (Å²) in [6.45, 7) is -0.617. The quantitative estimate of drug-likeness (QED) is 0.212. The number of hydrogen-bond donors (Lipinski definition) is 1. The number of carbonyl (C=O) groups excluding carboxylic acids is 3. The molecule has 1 N–H and O–H groups in total. The van der Waals surface area contributed by atoms with Crippen molar-refractivity contribution in [3.8, 4) is 0 Å². The highest BCUT2D eigenvalue weighted by molar-refractivity contribution is 5.91. The normalized spacial score (nSPS) is 21.4. The standard InChI is InChI=1S/C34H30O9/c35-21-27-28(41-31(36)24-15-7-2-8-16-24)29(42-32(37)25-17-9-3-10-18-25)30(39-22-23-13-5-1-6-14-23)34(40-27)43-33(38)26-19-11-4-12-20-26/h1-20,27-30,34-35H,21-22H2/t27-,28+,29+,30+,34+/m0/s1. The van der Waals surface area contributed by atoms with E-state index in [4.69, 9.17) is 23.7 Å². The lowest BCUT2D eigenvalue weighted by Crippen LogP contribution is -2.62. The lowest BCUT2D eigenvalue weighted by atomic mass is 9.97. The van der Waals surface area contributed by atoms with Gasteiger partial charge in [0.1, 0.15) is 6.10 Å². The Hall–Kier alpha value is -4.83. The monoisotopic (exact) mass is 582 g/mol. The van der Waals surface area contributed by atoms with Crippen molar-refractivity contribution in [2.45, 2.75) is 37.3 Å². The molecule has 0 spiro atoms. The summed E-state index contributed by atoms with van der Waals surface area (Å²) in [7, 11) is 0. The zero-order valence-electron chi connectivity index (χ0n) is 23.1. The fraction of sp³-hybridized carbons (Fsp3) is 0.206. The maximum atomic E-state index is 13.4. The van der Waals surface area contributed by atoms with Crippen molar-refractivity contribution in [1.29, 1.82) is 0 Å². The van der Waals surface area contributed by atoms with Crippen molar-refractivity contribution in [1.82, 2.24) is 0 Å². The first-order valence-electron chi connectivity index (χ1n) is 13.7. The van der Waals surface area contributed by atoms with Gasteiger partial charge in [-0.1, -0.05) is 84.9 Å². The molecule has 9 nitrogen and oxygen atoms in total. The number of ether oxygens (including phenoxy) is 5. The lowest BCUT2D eigenvalue weighted by molar-refractivity contribution is -0.295. The van der Waals surface area contributed by atoms with Crippen LogP contribution in [0.25, 0.3) is 0 Å². The minimum atomic E-state index is -1.44. The fourth-order valence-corrected chi connectivity index (χ4v) is 4.62. The van der Waals surface area contributed by atoms with Crippen LogP contribution in [0.15, 0.2) is 121 Å². The minimum Gasteiger partial charge on any atom is -0.452 e. The van der Waals surface area contributed by atoms with Gasteiger partial charge in [-0.3, -0.25) is 0 Å². The van der Waals surface area contributed by atoms with Crippen molar-refractivity contribution in [2.75, 3.05) is 6.61 Å². The molecule has 0 amide bonds. The molecule has 0 aliphatic carbocycles. The molecular formula is C34H30O9. The highest BCUT2D eigenvalue weighted by Gasteiger charge is 2.52. The first-order valence-corrected chi connectivity index (χ1v) is 13.7. The van der Waals surface area contributed by atoms with Gasteiger partial charge in [0.2, 0.25) is 6.29 Å². The third kappa shape index (κ3) is 7.52. The first-order chi connectivity index (χ1) is 21.0. The molecule has 0 unspecified atom stereocenters. The summed E-state index contributed by atoms with van der Waals surface area (Å²) in [5.74, 6) is -2.18. The van der Waals surface area contributed by atoms with Crippen LogP contribution < -0.4 is 0 Å². The van der Waals surface area contributed by atoms with E-state index in [0.29, 0.717) is 0 Å². The van der Waals surface area contributed by atoms with Gasteiger partial charge < -0.3 is 28.8 Å². The van der Waals surface area contributed by atoms with E-state index in [9.17, 15) is 19.5 Å². The van der Waals surface area contributed by atoms with Crippen LogP contribution in [0.2, 0.25) is 0 Å². The summed E-state index contributed by atoms with van der Waals surface area (Å²) >= 11 is 0. The molecule has 0 radical (unpaired) electrons. The Balaban J connectivity index is 1.50. The van der Waals surface area contributed by atoms with Crippen molar-refractivity contribution in [2.24, 2.45) is 0 Å². The number of aliphatic hydroxyl groups is 1. The second-order valence-corrected chi connectivity index (χ2v) is 9.73. The average molecular weight is 583 g/mol. The van der Waals surface area contributed by atoms with E-state index < -0.39 is 55.2 Å². The van der Waals surface area contributed by atoms with Crippen LogP contribution >= 0.6 is 0 Å². The van der Waals surface area contributed by atoms with Crippen LogP contribution in [0.4, 0.5) is 0 Å². The Bertz CT molecular complexity index is 1480. The van der Waals surface area contributed by atoms with Crippen LogP contribution in [-0.4, -0.2) is 60.3 Å². The van der Waals surface area contributed by atoms with Gasteiger partial charge in [-0.2, -0.15) is 0 Å².